The molecule has 1 aromatic heterocycles. The predicted molar refractivity (Wildman–Crippen MR) is 83.4 cm³/mol. The Morgan fingerprint density at radius 1 is 1.40 bits per heavy atom. The van der Waals surface area contributed by atoms with Crippen LogP contribution in [0.2, 0.25) is 0 Å². The van der Waals surface area contributed by atoms with Crippen molar-refractivity contribution >= 4 is 22.6 Å². The van der Waals surface area contributed by atoms with Crippen LogP contribution in [0.4, 0.5) is 14.5 Å². The van der Waals surface area contributed by atoms with Crippen LogP contribution in [0.3, 0.4) is 0 Å². The first kappa shape index (κ1) is 16.8. The molecule has 8 nitrogen and oxygen atoms in total. The van der Waals surface area contributed by atoms with Crippen molar-refractivity contribution in [3.05, 3.63) is 49.3 Å². The van der Waals surface area contributed by atoms with Gasteiger partial charge in [0.1, 0.15) is 10.9 Å². The molecule has 10 heteroatoms. The summed E-state index contributed by atoms with van der Waals surface area (Å²) < 4.78 is 34.6. The number of pyridine rings is 1. The Morgan fingerprint density at radius 3 is 2.68 bits per heavy atom. The fraction of sp³-hybridized carbons (Fsp3) is 0.333. The molecular weight excluding hydrogens is 340 g/mol. The zero-order valence-corrected chi connectivity index (χ0v) is 13.3. The molecule has 0 spiro atoms. The van der Waals surface area contributed by atoms with Gasteiger partial charge in [-0.2, -0.15) is 4.39 Å². The Labute approximate surface area is 139 Å². The summed E-state index contributed by atoms with van der Waals surface area (Å²) in [6.45, 7) is 1.78. The van der Waals surface area contributed by atoms with Crippen molar-refractivity contribution in [3.63, 3.8) is 0 Å². The van der Waals surface area contributed by atoms with E-state index in [1.54, 1.807) is 12.1 Å². The summed E-state index contributed by atoms with van der Waals surface area (Å²) in [4.78, 5) is 34.8. The maximum Gasteiger partial charge on any atom is 0.343 e. The standard InChI is InChI=1S/C15H13F2N3O5/c1-3-25-15(22)8-6-19-12-7(4-5-18(19)2)10(16)11(17)13(20(23)24)9(12)14(8)21/h6H,3-5H2,1-2H3. The number of aromatic nitrogens is 1. The molecule has 0 atom stereocenters. The molecule has 132 valence electrons. The van der Waals surface area contributed by atoms with Gasteiger partial charge in [0.05, 0.1) is 17.0 Å². The van der Waals surface area contributed by atoms with E-state index >= 15 is 0 Å². The summed E-state index contributed by atoms with van der Waals surface area (Å²) in [5.74, 6) is -4.05. The molecule has 0 aliphatic carbocycles. The topological polar surface area (TPSA) is 94.7 Å². The molecule has 25 heavy (non-hydrogen) atoms. The fourth-order valence-corrected chi connectivity index (χ4v) is 2.97. The van der Waals surface area contributed by atoms with Gasteiger partial charge in [-0.1, -0.05) is 0 Å². The number of carbonyl (C=O) groups is 1. The number of nitrogens with zero attached hydrogens (tertiary/aromatic N) is 3. The molecule has 0 saturated heterocycles. The summed E-state index contributed by atoms with van der Waals surface area (Å²) in [7, 11) is 1.59. The van der Waals surface area contributed by atoms with Gasteiger partial charge in [-0.15, -0.1) is 0 Å². The number of carbonyl (C=O) groups excluding carboxylic acids is 1. The SMILES string of the molecule is CCOC(=O)c1cn2c3c(c(F)c(F)c([N+](=O)[O-])c3c1=O)CCN2C. The smallest absolute Gasteiger partial charge is 0.343 e. The number of nitro benzene ring substituents is 1. The molecular formula is C15H13F2N3O5. The third kappa shape index (κ3) is 2.32. The van der Waals surface area contributed by atoms with E-state index in [2.05, 4.69) is 0 Å². The van der Waals surface area contributed by atoms with Crippen LogP contribution in [0.15, 0.2) is 11.0 Å². The zero-order chi connectivity index (χ0) is 18.5. The average molecular weight is 353 g/mol. The molecule has 0 bridgehead atoms. The lowest BCUT2D eigenvalue weighted by Crippen LogP contribution is -2.39. The van der Waals surface area contributed by atoms with Crippen LogP contribution in [0, 0.1) is 21.7 Å². The molecule has 0 unspecified atom stereocenters. The van der Waals surface area contributed by atoms with Gasteiger partial charge in [-0.05, 0) is 13.3 Å². The molecule has 0 radical (unpaired) electrons. The van der Waals surface area contributed by atoms with Crippen LogP contribution in [0.25, 0.3) is 10.9 Å². The highest BCUT2D eigenvalue weighted by Crippen LogP contribution is 2.34. The van der Waals surface area contributed by atoms with Crippen molar-refractivity contribution in [1.82, 2.24) is 4.68 Å². The minimum Gasteiger partial charge on any atom is -0.462 e. The Bertz CT molecular complexity index is 986. The van der Waals surface area contributed by atoms with Crippen LogP contribution in [-0.2, 0) is 11.2 Å². The minimum atomic E-state index is -1.71. The number of likely N-dealkylation sites (N-methyl/N-ethyl adjacent to an activating group) is 1. The lowest BCUT2D eigenvalue weighted by Gasteiger charge is -2.30. The highest BCUT2D eigenvalue weighted by molar-refractivity contribution is 5.98. The maximum absolute atomic E-state index is 14.3. The van der Waals surface area contributed by atoms with E-state index < -0.39 is 44.6 Å². The van der Waals surface area contributed by atoms with Crippen molar-refractivity contribution in [2.45, 2.75) is 13.3 Å². The van der Waals surface area contributed by atoms with Crippen LogP contribution in [-0.4, -0.2) is 35.8 Å². The maximum atomic E-state index is 14.3. The number of halogens is 2. The number of nitro groups is 1. The van der Waals surface area contributed by atoms with Gasteiger partial charge in [0.15, 0.2) is 5.82 Å². The fourth-order valence-electron chi connectivity index (χ4n) is 2.97. The normalized spacial score (nSPS) is 13.2. The highest BCUT2D eigenvalue weighted by Gasteiger charge is 2.35. The van der Waals surface area contributed by atoms with Crippen molar-refractivity contribution in [3.8, 4) is 0 Å². The lowest BCUT2D eigenvalue weighted by atomic mass is 10.00. The summed E-state index contributed by atoms with van der Waals surface area (Å²) in [5, 5.41) is 12.2. The zero-order valence-electron chi connectivity index (χ0n) is 13.3. The lowest BCUT2D eigenvalue weighted by molar-refractivity contribution is -0.386. The van der Waals surface area contributed by atoms with E-state index in [1.807, 2.05) is 0 Å². The molecule has 2 aromatic rings. The first-order valence-electron chi connectivity index (χ1n) is 7.41. The van der Waals surface area contributed by atoms with Crippen molar-refractivity contribution < 1.29 is 23.2 Å². The molecule has 0 amide bonds. The van der Waals surface area contributed by atoms with E-state index in [-0.39, 0.29) is 30.7 Å². The summed E-state index contributed by atoms with van der Waals surface area (Å²) in [6, 6.07) is 0. The number of hydrogen-bond donors (Lipinski definition) is 0. The first-order valence-corrected chi connectivity index (χ1v) is 7.41. The van der Waals surface area contributed by atoms with Gasteiger partial charge in [-0.25, -0.2) is 9.18 Å². The van der Waals surface area contributed by atoms with Crippen LogP contribution in [0.1, 0.15) is 22.8 Å². The van der Waals surface area contributed by atoms with E-state index in [1.165, 1.54) is 11.6 Å². The van der Waals surface area contributed by atoms with Gasteiger partial charge in [-0.3, -0.25) is 19.6 Å². The number of hydrogen-bond acceptors (Lipinski definition) is 6. The van der Waals surface area contributed by atoms with Crippen molar-refractivity contribution in [2.75, 3.05) is 25.2 Å². The minimum absolute atomic E-state index is 0.0166. The highest BCUT2D eigenvalue weighted by atomic mass is 19.2. The molecule has 0 fully saturated rings. The number of esters is 1. The second kappa shape index (κ2) is 5.80. The largest absolute Gasteiger partial charge is 0.462 e. The summed E-state index contributed by atoms with van der Waals surface area (Å²) in [5.41, 5.74) is -3.08. The quantitative estimate of drug-likeness (QED) is 0.471. The van der Waals surface area contributed by atoms with E-state index in [4.69, 9.17) is 4.74 Å². The van der Waals surface area contributed by atoms with E-state index in [9.17, 15) is 28.5 Å². The monoisotopic (exact) mass is 353 g/mol. The van der Waals surface area contributed by atoms with Crippen molar-refractivity contribution in [1.29, 1.82) is 0 Å². The van der Waals surface area contributed by atoms with E-state index in [0.29, 0.717) is 0 Å². The van der Waals surface area contributed by atoms with Gasteiger partial charge in [0.2, 0.25) is 11.2 Å². The molecule has 1 aliphatic rings. The van der Waals surface area contributed by atoms with Gasteiger partial charge in [0, 0.05) is 25.4 Å². The molecule has 0 saturated carbocycles. The van der Waals surface area contributed by atoms with Crippen LogP contribution < -0.4 is 10.4 Å². The number of benzene rings is 1. The molecule has 3 rings (SSSR count). The van der Waals surface area contributed by atoms with Gasteiger partial charge >= 0.3 is 11.7 Å². The predicted octanol–water partition coefficient (Wildman–Crippen LogP) is 1.49. The molecule has 1 aliphatic heterocycles. The van der Waals surface area contributed by atoms with Crippen LogP contribution in [0.5, 0.6) is 0 Å². The first-order chi connectivity index (χ1) is 11.8. The van der Waals surface area contributed by atoms with E-state index in [0.717, 1.165) is 6.20 Å². The Balaban J connectivity index is 2.56. The third-order valence-corrected chi connectivity index (χ3v) is 4.11. The molecule has 1 aromatic carbocycles. The van der Waals surface area contributed by atoms with Crippen LogP contribution >= 0.6 is 0 Å². The second-order valence-electron chi connectivity index (χ2n) is 5.50. The second-order valence-corrected chi connectivity index (χ2v) is 5.50. The van der Waals surface area contributed by atoms with Gasteiger partial charge < -0.3 is 9.75 Å². The Hall–Kier alpha value is -3.04. The number of ether oxygens (including phenoxy) is 1. The Kier molecular flexibility index (Phi) is 3.90. The average Bonchev–Trinajstić information content (AvgIpc) is 2.55. The molecule has 2 heterocycles. The van der Waals surface area contributed by atoms with Crippen molar-refractivity contribution in [2.24, 2.45) is 0 Å². The summed E-state index contributed by atoms with van der Waals surface area (Å²) in [6.07, 6.45) is 1.19. The number of rotatable bonds is 3. The van der Waals surface area contributed by atoms with Gasteiger partial charge in [0.25, 0.3) is 0 Å². The Morgan fingerprint density at radius 2 is 2.08 bits per heavy atom. The third-order valence-electron chi connectivity index (χ3n) is 4.11. The molecule has 0 N–H and O–H groups in total. The summed E-state index contributed by atoms with van der Waals surface area (Å²) >= 11 is 0.